The first-order valence-electron chi connectivity index (χ1n) is 18.4. The lowest BCUT2D eigenvalue weighted by atomic mass is 9.46. The number of fused-ring (bicyclic) bond motifs is 4. The van der Waals surface area contributed by atoms with Crippen LogP contribution >= 0.6 is 0 Å². The first-order valence-corrected chi connectivity index (χ1v) is 21.3. The molecule has 7 rings (SSSR count). The molecule has 4 saturated carbocycles. The number of hydrogen-bond acceptors (Lipinski definition) is 10. The summed E-state index contributed by atoms with van der Waals surface area (Å²) in [6, 6.07) is 8.85. The molecular weight excluding hydrogens is 657 g/mol. The van der Waals surface area contributed by atoms with Crippen LogP contribution in [0.5, 0.6) is 0 Å². The van der Waals surface area contributed by atoms with Gasteiger partial charge in [-0.2, -0.15) is 0 Å². The minimum Gasteiger partial charge on any atom is -0.459 e. The molecule has 1 spiro atoms. The van der Waals surface area contributed by atoms with Gasteiger partial charge < -0.3 is 33.2 Å². The van der Waals surface area contributed by atoms with Crippen molar-refractivity contribution >= 4 is 26.2 Å². The molecule has 2 saturated heterocycles. The molecule has 2 heterocycles. The van der Waals surface area contributed by atoms with Gasteiger partial charge in [-0.3, -0.25) is 9.59 Å². The number of esters is 3. The van der Waals surface area contributed by atoms with Crippen molar-refractivity contribution in [1.82, 2.24) is 0 Å². The smallest absolute Gasteiger partial charge is 0.338 e. The maximum atomic E-state index is 14.3. The third-order valence-electron chi connectivity index (χ3n) is 15.6. The minimum atomic E-state index is -2.57. The van der Waals surface area contributed by atoms with Gasteiger partial charge in [-0.25, -0.2) is 4.79 Å². The van der Waals surface area contributed by atoms with E-state index in [1.165, 1.54) is 13.8 Å². The third kappa shape index (κ3) is 3.91. The van der Waals surface area contributed by atoms with Crippen molar-refractivity contribution in [3.63, 3.8) is 0 Å². The van der Waals surface area contributed by atoms with E-state index in [9.17, 15) is 19.5 Å². The molecule has 6 fully saturated rings. The van der Waals surface area contributed by atoms with Crippen molar-refractivity contribution in [2.24, 2.45) is 39.9 Å². The van der Waals surface area contributed by atoms with Gasteiger partial charge >= 0.3 is 17.9 Å². The Balaban J connectivity index is 1.53. The Hall–Kier alpha value is -2.31. The molecule has 13 atom stereocenters. The summed E-state index contributed by atoms with van der Waals surface area (Å²) in [4.78, 5) is 40.6. The van der Waals surface area contributed by atoms with Gasteiger partial charge in [0, 0.05) is 31.6 Å². The summed E-state index contributed by atoms with van der Waals surface area (Å²) in [6.07, 6.45) is -4.02. The molecule has 0 amide bonds. The van der Waals surface area contributed by atoms with Gasteiger partial charge in [-0.05, 0) is 47.5 Å². The Morgan fingerprint density at radius 2 is 1.64 bits per heavy atom. The first kappa shape index (κ1) is 36.1. The fourth-order valence-electron chi connectivity index (χ4n) is 12.4. The lowest BCUT2D eigenvalue weighted by Gasteiger charge is -2.70. The Morgan fingerprint density at radius 3 is 2.18 bits per heavy atom. The highest BCUT2D eigenvalue weighted by molar-refractivity contribution is 6.74. The van der Waals surface area contributed by atoms with Gasteiger partial charge in [0.2, 0.25) is 0 Å². The molecule has 6 aliphatic rings. The maximum absolute atomic E-state index is 14.3. The number of aliphatic hydroxyl groups is 1. The van der Waals surface area contributed by atoms with E-state index in [-0.39, 0.29) is 23.5 Å². The zero-order valence-corrected chi connectivity index (χ0v) is 32.7. The summed E-state index contributed by atoms with van der Waals surface area (Å²) in [7, 11) is -2.57. The normalized spacial score (nSPS) is 45.0. The third-order valence-corrected chi connectivity index (χ3v) is 20.2. The van der Waals surface area contributed by atoms with E-state index in [0.29, 0.717) is 17.9 Å². The highest BCUT2D eigenvalue weighted by Crippen LogP contribution is 2.89. The minimum absolute atomic E-state index is 0.111. The van der Waals surface area contributed by atoms with Crippen molar-refractivity contribution in [3.05, 3.63) is 35.9 Å². The highest BCUT2D eigenvalue weighted by atomic mass is 28.4. The van der Waals surface area contributed by atoms with Crippen molar-refractivity contribution < 1.29 is 47.6 Å². The average molecular weight is 713 g/mol. The zero-order chi connectivity index (χ0) is 36.8. The van der Waals surface area contributed by atoms with Crippen LogP contribution in [0, 0.1) is 39.9 Å². The van der Waals surface area contributed by atoms with Gasteiger partial charge in [0.05, 0.1) is 41.8 Å². The molecule has 11 heteroatoms. The van der Waals surface area contributed by atoms with E-state index in [2.05, 4.69) is 61.6 Å². The van der Waals surface area contributed by atoms with Crippen molar-refractivity contribution in [2.45, 2.75) is 142 Å². The summed E-state index contributed by atoms with van der Waals surface area (Å²) in [6.45, 7) is 24.7. The molecule has 0 unspecified atom stereocenters. The fraction of sp³-hybridized carbons (Fsp3) is 0.769. The van der Waals surface area contributed by atoms with E-state index in [1.54, 1.807) is 24.3 Å². The molecular formula is C39H56O10Si. The first-order chi connectivity index (χ1) is 23.1. The average Bonchev–Trinajstić information content (AvgIpc) is 3.11. The SMILES string of the molecule is CC(=O)O[C@@H]1[C@H]2[C@@H](C)[C@H](O)[C@H]3O[C@@]14[C@]1(C)[C@@H](O[Si](C)(C)C(C)(C)C(C)C)C[C@H]5OC[C@@]5(OC(C)=O)[C@H]1[C@H](OC(=O)c1ccccc1)[C@]34C2(C)C. The number of ether oxygens (including phenoxy) is 5. The quantitative estimate of drug-likeness (QED) is 0.204. The molecule has 1 N–H and O–H groups in total. The summed E-state index contributed by atoms with van der Waals surface area (Å²) in [5, 5.41) is 11.9. The molecule has 4 aliphatic carbocycles. The lowest BCUT2D eigenvalue weighted by molar-refractivity contribution is -0.407. The van der Waals surface area contributed by atoms with Crippen LogP contribution in [0.1, 0.15) is 86.0 Å². The maximum Gasteiger partial charge on any atom is 0.338 e. The molecule has 2 aliphatic heterocycles. The summed E-state index contributed by atoms with van der Waals surface area (Å²) >= 11 is 0. The summed E-state index contributed by atoms with van der Waals surface area (Å²) < 4.78 is 40.9. The molecule has 276 valence electrons. The standard InChI is InChI=1S/C39H56O10Si/c1-20(2)35(8,9)50(11,12)49-25-18-26-37(19-44-26,47-23(5)41)29-32(46-33(43)24-16-14-13-15-17-24)38-31-28(42)21(3)27(34(38,6)7)30(45-22(4)40)39(38,48-31)36(25,29)10/h13-17,20-21,25-32,42H,18-19H2,1-12H3/t21-,25+,26-,27-,28+,29+,30-,31-,32+,36-,37+,38+,39-/m1/s1. The topological polar surface area (TPSA) is 127 Å². The van der Waals surface area contributed by atoms with Gasteiger partial charge in [-0.15, -0.1) is 0 Å². The molecule has 1 aromatic carbocycles. The fourth-order valence-corrected chi connectivity index (χ4v) is 15.2. The Kier molecular flexibility index (Phi) is 7.84. The number of aliphatic hydroxyl groups excluding tert-OH is 1. The molecule has 1 aromatic rings. The van der Waals surface area contributed by atoms with E-state index in [1.807, 2.05) is 13.0 Å². The number of hydrogen-bond donors (Lipinski definition) is 1. The van der Waals surface area contributed by atoms with Crippen LogP contribution in [-0.4, -0.2) is 85.8 Å². The van der Waals surface area contributed by atoms with Gasteiger partial charge in [0.15, 0.2) is 13.9 Å². The Bertz CT molecular complexity index is 1590. The van der Waals surface area contributed by atoms with E-state index < -0.39 is 96.2 Å². The predicted octanol–water partition coefficient (Wildman–Crippen LogP) is 5.70. The predicted molar refractivity (Wildman–Crippen MR) is 185 cm³/mol. The van der Waals surface area contributed by atoms with E-state index in [4.69, 9.17) is 28.1 Å². The second kappa shape index (κ2) is 10.9. The number of rotatable bonds is 8. The monoisotopic (exact) mass is 712 g/mol. The second-order valence-corrected chi connectivity index (χ2v) is 22.8. The molecule has 2 bridgehead atoms. The van der Waals surface area contributed by atoms with Crippen LogP contribution in [0.3, 0.4) is 0 Å². The summed E-state index contributed by atoms with van der Waals surface area (Å²) in [5.41, 5.74) is -4.80. The highest BCUT2D eigenvalue weighted by Gasteiger charge is 3.02. The van der Waals surface area contributed by atoms with Crippen molar-refractivity contribution in [3.8, 4) is 0 Å². The number of carbonyl (C=O) groups excluding carboxylic acids is 3. The van der Waals surface area contributed by atoms with Gasteiger partial charge in [0.1, 0.15) is 23.9 Å². The molecule has 10 nitrogen and oxygen atoms in total. The summed E-state index contributed by atoms with van der Waals surface area (Å²) in [5.74, 6) is -2.43. The zero-order valence-electron chi connectivity index (χ0n) is 31.7. The van der Waals surface area contributed by atoms with Crippen LogP contribution in [0.15, 0.2) is 30.3 Å². The van der Waals surface area contributed by atoms with Gasteiger partial charge in [0.25, 0.3) is 0 Å². The molecule has 0 aromatic heterocycles. The van der Waals surface area contributed by atoms with Crippen LogP contribution < -0.4 is 0 Å². The number of carbonyl (C=O) groups is 3. The van der Waals surface area contributed by atoms with Crippen LogP contribution in [-0.2, 0) is 37.7 Å². The van der Waals surface area contributed by atoms with Gasteiger partial charge in [-0.1, -0.05) is 73.6 Å². The van der Waals surface area contributed by atoms with Crippen molar-refractivity contribution in [1.29, 1.82) is 0 Å². The van der Waals surface area contributed by atoms with E-state index >= 15 is 0 Å². The Morgan fingerprint density at radius 1 is 1.00 bits per heavy atom. The van der Waals surface area contributed by atoms with Crippen molar-refractivity contribution in [2.75, 3.05) is 6.61 Å². The van der Waals surface area contributed by atoms with E-state index in [0.717, 1.165) is 0 Å². The van der Waals surface area contributed by atoms with Crippen LogP contribution in [0.25, 0.3) is 0 Å². The largest absolute Gasteiger partial charge is 0.459 e. The molecule has 0 radical (unpaired) electrons. The number of benzene rings is 1. The molecule has 50 heavy (non-hydrogen) atoms. The Labute approximate surface area is 297 Å². The second-order valence-electron chi connectivity index (χ2n) is 18.3. The van der Waals surface area contributed by atoms with Crippen LogP contribution in [0.4, 0.5) is 0 Å². The van der Waals surface area contributed by atoms with Crippen LogP contribution in [0.2, 0.25) is 18.1 Å². The lowest BCUT2D eigenvalue weighted by Crippen LogP contribution is -2.82.